The first-order valence-electron chi connectivity index (χ1n) is 6.18. The van der Waals surface area contributed by atoms with E-state index in [4.69, 9.17) is 0 Å². The zero-order valence-electron chi connectivity index (χ0n) is 10.1. The predicted molar refractivity (Wildman–Crippen MR) is 73.7 cm³/mol. The van der Waals surface area contributed by atoms with Crippen LogP contribution in [-0.4, -0.2) is 17.7 Å². The number of benzene rings is 1. The number of aldehydes is 1. The van der Waals surface area contributed by atoms with Gasteiger partial charge in [-0.1, -0.05) is 30.3 Å². The SMILES string of the molecule is O=CC(c1ccccc1)N1CCc2sccc2C1. The fraction of sp³-hybridized carbons (Fsp3) is 0.267. The van der Waals surface area contributed by atoms with Crippen LogP contribution in [0.5, 0.6) is 0 Å². The van der Waals surface area contributed by atoms with Gasteiger partial charge in [-0.05, 0) is 29.0 Å². The number of hydrogen-bond donors (Lipinski definition) is 0. The molecule has 0 bridgehead atoms. The van der Waals surface area contributed by atoms with Gasteiger partial charge < -0.3 is 4.79 Å². The number of carbonyl (C=O) groups excluding carboxylic acids is 1. The molecule has 1 aliphatic heterocycles. The molecule has 1 aromatic carbocycles. The zero-order valence-corrected chi connectivity index (χ0v) is 10.9. The summed E-state index contributed by atoms with van der Waals surface area (Å²) < 4.78 is 0. The minimum Gasteiger partial charge on any atom is -0.301 e. The normalized spacial score (nSPS) is 17.1. The second-order valence-corrected chi connectivity index (χ2v) is 5.58. The molecule has 2 heterocycles. The van der Waals surface area contributed by atoms with Crippen LogP contribution in [-0.2, 0) is 17.8 Å². The molecule has 1 atom stereocenters. The van der Waals surface area contributed by atoms with E-state index in [0.29, 0.717) is 0 Å². The molecule has 0 saturated heterocycles. The van der Waals surface area contributed by atoms with E-state index in [1.807, 2.05) is 41.7 Å². The molecule has 1 aliphatic rings. The van der Waals surface area contributed by atoms with Gasteiger partial charge >= 0.3 is 0 Å². The first-order valence-corrected chi connectivity index (χ1v) is 7.06. The number of nitrogens with zero attached hydrogens (tertiary/aromatic N) is 1. The van der Waals surface area contributed by atoms with Crippen molar-refractivity contribution in [1.29, 1.82) is 0 Å². The molecular formula is C15H15NOS. The van der Waals surface area contributed by atoms with Gasteiger partial charge in [0.15, 0.2) is 0 Å². The maximum absolute atomic E-state index is 11.4. The van der Waals surface area contributed by atoms with Crippen molar-refractivity contribution >= 4 is 17.6 Å². The molecule has 0 saturated carbocycles. The summed E-state index contributed by atoms with van der Waals surface area (Å²) in [6.45, 7) is 1.85. The molecule has 92 valence electrons. The van der Waals surface area contributed by atoms with Gasteiger partial charge in [-0.2, -0.15) is 0 Å². The zero-order chi connectivity index (χ0) is 12.4. The molecule has 0 N–H and O–H groups in total. The molecule has 3 rings (SSSR count). The molecule has 1 unspecified atom stereocenters. The highest BCUT2D eigenvalue weighted by molar-refractivity contribution is 7.10. The number of hydrogen-bond acceptors (Lipinski definition) is 3. The van der Waals surface area contributed by atoms with Crippen molar-refractivity contribution in [3.63, 3.8) is 0 Å². The Kier molecular flexibility index (Phi) is 3.26. The van der Waals surface area contributed by atoms with E-state index in [1.165, 1.54) is 10.4 Å². The average molecular weight is 257 g/mol. The summed E-state index contributed by atoms with van der Waals surface area (Å²) in [5.41, 5.74) is 2.47. The molecule has 0 spiro atoms. The number of carbonyl (C=O) groups is 1. The fourth-order valence-electron chi connectivity index (χ4n) is 2.53. The number of thiophene rings is 1. The van der Waals surface area contributed by atoms with E-state index in [9.17, 15) is 4.79 Å². The number of rotatable bonds is 3. The maximum Gasteiger partial charge on any atom is 0.141 e. The highest BCUT2D eigenvalue weighted by Crippen LogP contribution is 2.29. The Morgan fingerprint density at radius 2 is 2.06 bits per heavy atom. The minimum atomic E-state index is -0.112. The largest absolute Gasteiger partial charge is 0.301 e. The molecule has 0 amide bonds. The molecule has 1 aromatic heterocycles. The average Bonchev–Trinajstić information content (AvgIpc) is 2.88. The molecule has 2 nitrogen and oxygen atoms in total. The Morgan fingerprint density at radius 1 is 1.22 bits per heavy atom. The summed E-state index contributed by atoms with van der Waals surface area (Å²) in [5.74, 6) is 0. The second kappa shape index (κ2) is 5.04. The van der Waals surface area contributed by atoms with Gasteiger partial charge in [0.05, 0.1) is 6.04 Å². The monoisotopic (exact) mass is 257 g/mol. The van der Waals surface area contributed by atoms with Gasteiger partial charge in [0, 0.05) is 18.0 Å². The maximum atomic E-state index is 11.4. The van der Waals surface area contributed by atoms with E-state index in [-0.39, 0.29) is 6.04 Å². The topological polar surface area (TPSA) is 20.3 Å². The lowest BCUT2D eigenvalue weighted by molar-refractivity contribution is -0.113. The molecule has 2 aromatic rings. The Bertz CT molecular complexity index is 534. The van der Waals surface area contributed by atoms with Gasteiger partial charge in [0.25, 0.3) is 0 Å². The summed E-state index contributed by atoms with van der Waals surface area (Å²) in [7, 11) is 0. The smallest absolute Gasteiger partial charge is 0.141 e. The van der Waals surface area contributed by atoms with Gasteiger partial charge in [0.1, 0.15) is 6.29 Å². The van der Waals surface area contributed by atoms with Crippen LogP contribution in [0.4, 0.5) is 0 Å². The van der Waals surface area contributed by atoms with Crippen LogP contribution in [0.3, 0.4) is 0 Å². The van der Waals surface area contributed by atoms with Crippen molar-refractivity contribution in [3.05, 3.63) is 57.8 Å². The van der Waals surface area contributed by atoms with Crippen LogP contribution in [0.25, 0.3) is 0 Å². The van der Waals surface area contributed by atoms with E-state index in [0.717, 1.165) is 31.4 Å². The van der Waals surface area contributed by atoms with Gasteiger partial charge in [-0.3, -0.25) is 4.90 Å². The van der Waals surface area contributed by atoms with Crippen LogP contribution in [0.2, 0.25) is 0 Å². The first kappa shape index (κ1) is 11.6. The fourth-order valence-corrected chi connectivity index (χ4v) is 3.42. The van der Waals surface area contributed by atoms with E-state index in [1.54, 1.807) is 0 Å². The molecule has 18 heavy (non-hydrogen) atoms. The Labute approximate surface area is 111 Å². The predicted octanol–water partition coefficient (Wildman–Crippen LogP) is 3.05. The van der Waals surface area contributed by atoms with Crippen molar-refractivity contribution in [2.24, 2.45) is 0 Å². The summed E-state index contributed by atoms with van der Waals surface area (Å²) in [5, 5.41) is 2.15. The third kappa shape index (κ3) is 2.11. The van der Waals surface area contributed by atoms with Crippen LogP contribution in [0.15, 0.2) is 41.8 Å². The quantitative estimate of drug-likeness (QED) is 0.788. The molecule has 0 radical (unpaired) electrons. The van der Waals surface area contributed by atoms with Crippen molar-refractivity contribution in [2.45, 2.75) is 19.0 Å². The van der Waals surface area contributed by atoms with Crippen LogP contribution in [0.1, 0.15) is 22.0 Å². The molecule has 0 fully saturated rings. The Balaban J connectivity index is 1.84. The van der Waals surface area contributed by atoms with Crippen LogP contribution < -0.4 is 0 Å². The Morgan fingerprint density at radius 3 is 2.83 bits per heavy atom. The third-order valence-corrected chi connectivity index (χ3v) is 4.52. The van der Waals surface area contributed by atoms with Gasteiger partial charge in [0.2, 0.25) is 0 Å². The summed E-state index contributed by atoms with van der Waals surface area (Å²) in [6.07, 6.45) is 2.12. The molecule has 3 heteroatoms. The highest BCUT2D eigenvalue weighted by atomic mass is 32.1. The van der Waals surface area contributed by atoms with Crippen molar-refractivity contribution in [3.8, 4) is 0 Å². The van der Waals surface area contributed by atoms with E-state index >= 15 is 0 Å². The van der Waals surface area contributed by atoms with E-state index < -0.39 is 0 Å². The highest BCUT2D eigenvalue weighted by Gasteiger charge is 2.24. The first-order chi connectivity index (χ1) is 8.88. The van der Waals surface area contributed by atoms with Crippen LogP contribution >= 0.6 is 11.3 Å². The lowest BCUT2D eigenvalue weighted by Gasteiger charge is -2.31. The van der Waals surface area contributed by atoms with Crippen molar-refractivity contribution in [1.82, 2.24) is 4.90 Å². The summed E-state index contributed by atoms with van der Waals surface area (Å²) >= 11 is 1.83. The second-order valence-electron chi connectivity index (χ2n) is 4.58. The van der Waals surface area contributed by atoms with Crippen molar-refractivity contribution in [2.75, 3.05) is 6.54 Å². The van der Waals surface area contributed by atoms with E-state index in [2.05, 4.69) is 16.3 Å². The summed E-state index contributed by atoms with van der Waals surface area (Å²) in [6, 6.07) is 12.1. The standard InChI is InChI=1S/C15H15NOS/c17-11-14(12-4-2-1-3-5-12)16-8-6-15-13(10-16)7-9-18-15/h1-5,7,9,11,14H,6,8,10H2. The summed E-state index contributed by atoms with van der Waals surface area (Å²) in [4.78, 5) is 15.2. The molecular weight excluding hydrogens is 242 g/mol. The third-order valence-electron chi connectivity index (χ3n) is 3.50. The van der Waals surface area contributed by atoms with Crippen molar-refractivity contribution < 1.29 is 4.79 Å². The molecule has 0 aliphatic carbocycles. The van der Waals surface area contributed by atoms with Gasteiger partial charge in [-0.15, -0.1) is 11.3 Å². The Hall–Kier alpha value is -1.45. The number of fused-ring (bicyclic) bond motifs is 1. The minimum absolute atomic E-state index is 0.112. The lowest BCUT2D eigenvalue weighted by atomic mass is 10.0. The lowest BCUT2D eigenvalue weighted by Crippen LogP contribution is -2.34. The van der Waals surface area contributed by atoms with Gasteiger partial charge in [-0.25, -0.2) is 0 Å². The van der Waals surface area contributed by atoms with Crippen LogP contribution in [0, 0.1) is 0 Å².